The third kappa shape index (κ3) is 4.56. The maximum absolute atomic E-state index is 13.0. The van der Waals surface area contributed by atoms with Crippen LogP contribution < -0.4 is 10.9 Å². The number of benzene rings is 3. The van der Waals surface area contributed by atoms with Gasteiger partial charge in [-0.1, -0.05) is 78.4 Å². The van der Waals surface area contributed by atoms with E-state index in [1.165, 1.54) is 4.68 Å². The van der Waals surface area contributed by atoms with Crippen LogP contribution in [0.1, 0.15) is 30.5 Å². The van der Waals surface area contributed by atoms with Crippen molar-refractivity contribution in [3.63, 3.8) is 0 Å². The highest BCUT2D eigenvalue weighted by Gasteiger charge is 2.14. The van der Waals surface area contributed by atoms with Crippen LogP contribution >= 0.6 is 0 Å². The van der Waals surface area contributed by atoms with Crippen molar-refractivity contribution >= 4 is 16.7 Å². The SMILES string of the molecule is Cc1ccc(-c2nn(CCC(=O)NC(C)c3ccccc3)c(=O)c3ccccc23)cc1. The minimum absolute atomic E-state index is 0.0990. The zero-order valence-corrected chi connectivity index (χ0v) is 17.7. The van der Waals surface area contributed by atoms with E-state index in [1.54, 1.807) is 0 Å². The summed E-state index contributed by atoms with van der Waals surface area (Å²) in [6.45, 7) is 4.20. The van der Waals surface area contributed by atoms with Gasteiger partial charge in [0.15, 0.2) is 0 Å². The van der Waals surface area contributed by atoms with Crippen molar-refractivity contribution in [3.05, 3.63) is 100 Å². The van der Waals surface area contributed by atoms with Crippen molar-refractivity contribution in [2.24, 2.45) is 0 Å². The van der Waals surface area contributed by atoms with Gasteiger partial charge in [-0.2, -0.15) is 5.10 Å². The van der Waals surface area contributed by atoms with Crippen molar-refractivity contribution < 1.29 is 4.79 Å². The first kappa shape index (κ1) is 20.5. The molecule has 0 saturated carbocycles. The Bertz CT molecular complexity index is 1260. The fourth-order valence-corrected chi connectivity index (χ4v) is 3.66. The van der Waals surface area contributed by atoms with E-state index in [1.807, 2.05) is 92.7 Å². The van der Waals surface area contributed by atoms with Crippen molar-refractivity contribution in [1.82, 2.24) is 15.1 Å². The van der Waals surface area contributed by atoms with Gasteiger partial charge in [0, 0.05) is 17.4 Å². The van der Waals surface area contributed by atoms with E-state index in [0.29, 0.717) is 5.39 Å². The van der Waals surface area contributed by atoms with Gasteiger partial charge in [-0.3, -0.25) is 9.59 Å². The molecular weight excluding hydrogens is 386 g/mol. The Balaban J connectivity index is 1.59. The summed E-state index contributed by atoms with van der Waals surface area (Å²) in [6, 6.07) is 25.3. The number of carbonyl (C=O) groups excluding carboxylic acids is 1. The molecule has 3 aromatic carbocycles. The van der Waals surface area contributed by atoms with Crippen LogP contribution in [0.2, 0.25) is 0 Å². The molecular formula is C26H25N3O2. The summed E-state index contributed by atoms with van der Waals surface area (Å²) in [5, 5.41) is 9.04. The smallest absolute Gasteiger partial charge is 0.274 e. The standard InChI is InChI=1S/C26H25N3O2/c1-18-12-14-21(15-13-18)25-22-10-6-7-11-23(22)26(31)29(28-25)17-16-24(30)27-19(2)20-8-4-3-5-9-20/h3-15,19H,16-17H2,1-2H3,(H,27,30). The van der Waals surface area contributed by atoms with Crippen molar-refractivity contribution in [3.8, 4) is 11.3 Å². The summed E-state index contributed by atoms with van der Waals surface area (Å²) < 4.78 is 1.41. The molecule has 1 N–H and O–H groups in total. The Morgan fingerprint density at radius 2 is 1.58 bits per heavy atom. The van der Waals surface area contributed by atoms with Crippen LogP contribution in [0, 0.1) is 6.92 Å². The number of fused-ring (bicyclic) bond motifs is 1. The normalized spacial score (nSPS) is 11.9. The third-order valence-electron chi connectivity index (χ3n) is 5.42. The van der Waals surface area contributed by atoms with E-state index in [9.17, 15) is 9.59 Å². The zero-order chi connectivity index (χ0) is 21.8. The number of nitrogens with zero attached hydrogens (tertiary/aromatic N) is 2. The highest BCUT2D eigenvalue weighted by molar-refractivity contribution is 5.93. The predicted molar refractivity (Wildman–Crippen MR) is 124 cm³/mol. The van der Waals surface area contributed by atoms with Gasteiger partial charge in [0.2, 0.25) is 5.91 Å². The average Bonchev–Trinajstić information content (AvgIpc) is 2.80. The lowest BCUT2D eigenvalue weighted by Gasteiger charge is -2.15. The molecule has 0 aliphatic carbocycles. The molecule has 0 saturated heterocycles. The van der Waals surface area contributed by atoms with Gasteiger partial charge in [-0.05, 0) is 25.5 Å². The van der Waals surface area contributed by atoms with Crippen molar-refractivity contribution in [2.45, 2.75) is 32.9 Å². The average molecular weight is 412 g/mol. The lowest BCUT2D eigenvalue weighted by molar-refractivity contribution is -0.122. The van der Waals surface area contributed by atoms with Gasteiger partial charge in [0.1, 0.15) is 0 Å². The fraction of sp³-hybridized carbons (Fsp3) is 0.192. The van der Waals surface area contributed by atoms with E-state index in [4.69, 9.17) is 0 Å². The molecule has 1 atom stereocenters. The third-order valence-corrected chi connectivity index (χ3v) is 5.42. The topological polar surface area (TPSA) is 64.0 Å². The maximum Gasteiger partial charge on any atom is 0.274 e. The largest absolute Gasteiger partial charge is 0.350 e. The monoisotopic (exact) mass is 411 g/mol. The Labute approximate surface area is 181 Å². The van der Waals surface area contributed by atoms with E-state index in [2.05, 4.69) is 10.4 Å². The summed E-state index contributed by atoms with van der Waals surface area (Å²) in [7, 11) is 0. The van der Waals surface area contributed by atoms with Crippen molar-refractivity contribution in [2.75, 3.05) is 0 Å². The highest BCUT2D eigenvalue weighted by atomic mass is 16.2. The minimum atomic E-state index is -0.185. The van der Waals surface area contributed by atoms with E-state index in [-0.39, 0.29) is 30.5 Å². The molecule has 0 spiro atoms. The first-order valence-corrected chi connectivity index (χ1v) is 10.4. The molecule has 4 aromatic rings. The summed E-state index contributed by atoms with van der Waals surface area (Å²) >= 11 is 0. The Morgan fingerprint density at radius 1 is 0.935 bits per heavy atom. The van der Waals surface area contributed by atoms with Gasteiger partial charge >= 0.3 is 0 Å². The van der Waals surface area contributed by atoms with Crippen LogP contribution in [0.3, 0.4) is 0 Å². The molecule has 1 unspecified atom stereocenters. The van der Waals surface area contributed by atoms with E-state index in [0.717, 1.165) is 27.8 Å². The van der Waals surface area contributed by atoms with Crippen LogP contribution in [0.5, 0.6) is 0 Å². The lowest BCUT2D eigenvalue weighted by atomic mass is 10.0. The first-order chi connectivity index (χ1) is 15.0. The van der Waals surface area contributed by atoms with E-state index < -0.39 is 0 Å². The molecule has 1 aromatic heterocycles. The summed E-state index contributed by atoms with van der Waals surface area (Å²) in [6.07, 6.45) is 0.176. The molecule has 1 amide bonds. The molecule has 4 rings (SSSR count). The van der Waals surface area contributed by atoms with Crippen LogP contribution in [-0.4, -0.2) is 15.7 Å². The molecule has 0 aliphatic heterocycles. The molecule has 0 bridgehead atoms. The second-order valence-corrected chi connectivity index (χ2v) is 7.74. The minimum Gasteiger partial charge on any atom is -0.350 e. The molecule has 5 nitrogen and oxygen atoms in total. The van der Waals surface area contributed by atoms with Gasteiger partial charge in [0.05, 0.1) is 23.7 Å². The Kier molecular flexibility index (Phi) is 5.94. The summed E-state index contributed by atoms with van der Waals surface area (Å²) in [4.78, 5) is 25.5. The van der Waals surface area contributed by atoms with Gasteiger partial charge < -0.3 is 5.32 Å². The Hall–Kier alpha value is -3.73. The lowest BCUT2D eigenvalue weighted by Crippen LogP contribution is -2.30. The van der Waals surface area contributed by atoms with Gasteiger partial charge in [-0.15, -0.1) is 0 Å². The number of amides is 1. The number of hydrogen-bond donors (Lipinski definition) is 1. The molecule has 0 fully saturated rings. The highest BCUT2D eigenvalue weighted by Crippen LogP contribution is 2.25. The summed E-state index contributed by atoms with van der Waals surface area (Å²) in [5.41, 5.74) is 3.70. The van der Waals surface area contributed by atoms with Crippen LogP contribution in [0.25, 0.3) is 22.0 Å². The first-order valence-electron chi connectivity index (χ1n) is 10.4. The number of nitrogens with one attached hydrogen (secondary N) is 1. The molecule has 0 aliphatic rings. The summed E-state index contributed by atoms with van der Waals surface area (Å²) in [5.74, 6) is -0.116. The van der Waals surface area contributed by atoms with Crippen LogP contribution in [0.4, 0.5) is 0 Å². The molecule has 5 heteroatoms. The van der Waals surface area contributed by atoms with E-state index >= 15 is 0 Å². The predicted octanol–water partition coefficient (Wildman–Crippen LogP) is 4.64. The second kappa shape index (κ2) is 8.96. The zero-order valence-electron chi connectivity index (χ0n) is 17.7. The molecule has 1 heterocycles. The molecule has 31 heavy (non-hydrogen) atoms. The van der Waals surface area contributed by atoms with Crippen LogP contribution in [0.15, 0.2) is 83.7 Å². The van der Waals surface area contributed by atoms with Crippen LogP contribution in [-0.2, 0) is 11.3 Å². The Morgan fingerprint density at radius 3 is 2.29 bits per heavy atom. The quantitative estimate of drug-likeness (QED) is 0.503. The number of aryl methyl sites for hydroxylation is 2. The maximum atomic E-state index is 13.0. The number of carbonyl (C=O) groups is 1. The van der Waals surface area contributed by atoms with Gasteiger partial charge in [0.25, 0.3) is 5.56 Å². The fourth-order valence-electron chi connectivity index (χ4n) is 3.66. The van der Waals surface area contributed by atoms with Crippen molar-refractivity contribution in [1.29, 1.82) is 0 Å². The molecule has 0 radical (unpaired) electrons. The number of hydrogen-bond acceptors (Lipinski definition) is 3. The van der Waals surface area contributed by atoms with Gasteiger partial charge in [-0.25, -0.2) is 4.68 Å². The number of rotatable bonds is 6. The molecule has 156 valence electrons. The number of aromatic nitrogens is 2. The second-order valence-electron chi connectivity index (χ2n) is 7.74.